The molecule has 0 fully saturated rings. The topological polar surface area (TPSA) is 76.7 Å². The van der Waals surface area contributed by atoms with Crippen LogP contribution in [-0.2, 0) is 13.6 Å². The molecule has 19 heavy (non-hydrogen) atoms. The number of benzene rings is 1. The molecule has 3 N–H and O–H groups in total. The molecule has 0 aliphatic heterocycles. The highest BCUT2D eigenvalue weighted by Gasteiger charge is 2.10. The number of H-pyrrole nitrogens is 1. The maximum absolute atomic E-state index is 11.1. The number of aromatic nitrogens is 3. The molecule has 96 valence electrons. The van der Waals surface area contributed by atoms with Gasteiger partial charge in [-0.1, -0.05) is 6.07 Å². The molecule has 0 aliphatic rings. The average molecular weight is 254 g/mol. The predicted octanol–water partition coefficient (Wildman–Crippen LogP) is 1.39. The predicted molar refractivity (Wildman–Crippen MR) is 74.7 cm³/mol. The van der Waals surface area contributed by atoms with E-state index in [0.29, 0.717) is 6.54 Å². The number of fused-ring (bicyclic) bond motifs is 1. The van der Waals surface area contributed by atoms with Gasteiger partial charge in [0.1, 0.15) is 5.82 Å². The van der Waals surface area contributed by atoms with Crippen LogP contribution < -0.4 is 11.3 Å². The summed E-state index contributed by atoms with van der Waals surface area (Å²) in [5.41, 5.74) is 9.41. The van der Waals surface area contributed by atoms with Crippen LogP contribution in [0.1, 0.15) is 5.56 Å². The van der Waals surface area contributed by atoms with Crippen LogP contribution in [0.5, 0.6) is 0 Å². The summed E-state index contributed by atoms with van der Waals surface area (Å²) in [5.74, 6) is 0.820. The fraction of sp³-hybridized carbons (Fsp3) is 0.143. The number of aryl methyl sites for hydroxylation is 1. The minimum Gasteiger partial charge on any atom is -0.328 e. The van der Waals surface area contributed by atoms with Crippen LogP contribution in [0.3, 0.4) is 0 Å². The second-order valence-electron chi connectivity index (χ2n) is 4.46. The fourth-order valence-corrected chi connectivity index (χ4v) is 2.18. The van der Waals surface area contributed by atoms with Gasteiger partial charge in [0.2, 0.25) is 5.56 Å². The first kappa shape index (κ1) is 11.7. The van der Waals surface area contributed by atoms with Crippen molar-refractivity contribution in [2.75, 3.05) is 0 Å². The Hall–Kier alpha value is -2.40. The van der Waals surface area contributed by atoms with E-state index < -0.39 is 0 Å². The van der Waals surface area contributed by atoms with Crippen molar-refractivity contribution in [3.8, 4) is 11.4 Å². The van der Waals surface area contributed by atoms with Crippen molar-refractivity contribution in [2.45, 2.75) is 6.54 Å². The minimum absolute atomic E-state index is 0.118. The van der Waals surface area contributed by atoms with Crippen LogP contribution in [0, 0.1) is 0 Å². The first-order valence-corrected chi connectivity index (χ1v) is 6.03. The number of nitrogens with two attached hydrogens (primary N) is 1. The van der Waals surface area contributed by atoms with Gasteiger partial charge in [-0.05, 0) is 23.8 Å². The van der Waals surface area contributed by atoms with E-state index in [1.165, 1.54) is 6.07 Å². The molecule has 5 nitrogen and oxygen atoms in total. The third kappa shape index (κ3) is 1.94. The van der Waals surface area contributed by atoms with E-state index in [1.807, 2.05) is 29.8 Å². The van der Waals surface area contributed by atoms with Crippen LogP contribution in [0.4, 0.5) is 0 Å². The van der Waals surface area contributed by atoms with Crippen molar-refractivity contribution in [3.05, 3.63) is 52.4 Å². The largest absolute Gasteiger partial charge is 0.328 e. The summed E-state index contributed by atoms with van der Waals surface area (Å²) >= 11 is 0. The van der Waals surface area contributed by atoms with Gasteiger partial charge in [-0.15, -0.1) is 0 Å². The maximum atomic E-state index is 11.1. The third-order valence-electron chi connectivity index (χ3n) is 3.22. The van der Waals surface area contributed by atoms with E-state index in [1.54, 1.807) is 12.3 Å². The number of pyridine rings is 1. The van der Waals surface area contributed by atoms with Gasteiger partial charge in [-0.25, -0.2) is 4.98 Å². The number of rotatable bonds is 2. The first-order chi connectivity index (χ1) is 9.19. The fourth-order valence-electron chi connectivity index (χ4n) is 2.18. The molecule has 2 heterocycles. The molecular formula is C14H14N4O. The summed E-state index contributed by atoms with van der Waals surface area (Å²) in [6, 6.07) is 9.27. The van der Waals surface area contributed by atoms with Gasteiger partial charge in [0.15, 0.2) is 0 Å². The van der Waals surface area contributed by atoms with Crippen LogP contribution in [0.25, 0.3) is 22.4 Å². The Kier molecular flexibility index (Phi) is 2.68. The van der Waals surface area contributed by atoms with Gasteiger partial charge < -0.3 is 15.3 Å². The molecule has 0 aliphatic carbocycles. The highest BCUT2D eigenvalue weighted by molar-refractivity contribution is 5.81. The van der Waals surface area contributed by atoms with Crippen LogP contribution >= 0.6 is 0 Å². The van der Waals surface area contributed by atoms with Crippen LogP contribution in [-0.4, -0.2) is 14.5 Å². The Morgan fingerprint density at radius 1 is 1.32 bits per heavy atom. The molecule has 0 amide bonds. The van der Waals surface area contributed by atoms with Crippen molar-refractivity contribution >= 4 is 11.0 Å². The van der Waals surface area contributed by atoms with Crippen molar-refractivity contribution in [2.24, 2.45) is 12.8 Å². The third-order valence-corrected chi connectivity index (χ3v) is 3.22. The molecule has 0 saturated heterocycles. The summed E-state index contributed by atoms with van der Waals surface area (Å²) < 4.78 is 2.00. The van der Waals surface area contributed by atoms with Crippen molar-refractivity contribution in [3.63, 3.8) is 0 Å². The molecule has 3 rings (SSSR count). The molecule has 0 unspecified atom stereocenters. The van der Waals surface area contributed by atoms with Gasteiger partial charge >= 0.3 is 0 Å². The zero-order valence-electron chi connectivity index (χ0n) is 10.6. The first-order valence-electron chi connectivity index (χ1n) is 6.03. The number of nitrogens with zero attached hydrogens (tertiary/aromatic N) is 2. The van der Waals surface area contributed by atoms with Crippen molar-refractivity contribution < 1.29 is 0 Å². The summed E-state index contributed by atoms with van der Waals surface area (Å²) in [6.45, 7) is 0.501. The summed E-state index contributed by atoms with van der Waals surface area (Å²) in [7, 11) is 1.96. The average Bonchev–Trinajstić information content (AvgIpc) is 2.76. The number of imidazole rings is 1. The van der Waals surface area contributed by atoms with E-state index in [9.17, 15) is 4.79 Å². The lowest BCUT2D eigenvalue weighted by atomic mass is 10.2. The highest BCUT2D eigenvalue weighted by Crippen LogP contribution is 2.23. The van der Waals surface area contributed by atoms with E-state index >= 15 is 0 Å². The number of aromatic amines is 1. The standard InChI is InChI=1S/C14H14N4O/c1-18-12-4-2-9(7-15)6-11(12)17-14(18)10-3-5-13(19)16-8-10/h2-6,8H,7,15H2,1H3,(H,16,19). The zero-order valence-corrected chi connectivity index (χ0v) is 10.6. The SMILES string of the molecule is Cn1c(-c2ccc(=O)[nH]c2)nc2cc(CN)ccc21. The Bertz CT molecular complexity index is 780. The van der Waals surface area contributed by atoms with Crippen LogP contribution in [0.2, 0.25) is 0 Å². The lowest BCUT2D eigenvalue weighted by Crippen LogP contribution is -2.02. The van der Waals surface area contributed by atoms with Crippen molar-refractivity contribution in [1.29, 1.82) is 0 Å². The number of nitrogens with one attached hydrogen (secondary N) is 1. The smallest absolute Gasteiger partial charge is 0.247 e. The molecule has 0 saturated carbocycles. The Morgan fingerprint density at radius 2 is 2.16 bits per heavy atom. The normalized spacial score (nSPS) is 11.1. The van der Waals surface area contributed by atoms with E-state index in [-0.39, 0.29) is 5.56 Å². The summed E-state index contributed by atoms with van der Waals surface area (Å²) in [6.07, 6.45) is 1.67. The maximum Gasteiger partial charge on any atom is 0.247 e. The molecule has 0 radical (unpaired) electrons. The number of hydrogen-bond acceptors (Lipinski definition) is 3. The molecule has 0 spiro atoms. The minimum atomic E-state index is -0.118. The number of hydrogen-bond donors (Lipinski definition) is 2. The van der Waals surface area contributed by atoms with E-state index in [0.717, 1.165) is 28.0 Å². The summed E-state index contributed by atoms with van der Waals surface area (Å²) in [4.78, 5) is 18.4. The Morgan fingerprint density at radius 3 is 2.84 bits per heavy atom. The molecule has 5 heteroatoms. The van der Waals surface area contributed by atoms with Gasteiger partial charge in [-0.3, -0.25) is 4.79 Å². The molecule has 0 atom stereocenters. The molecular weight excluding hydrogens is 240 g/mol. The zero-order chi connectivity index (χ0) is 13.4. The van der Waals surface area contributed by atoms with Crippen molar-refractivity contribution in [1.82, 2.24) is 14.5 Å². The Labute approximate surface area is 109 Å². The van der Waals surface area contributed by atoms with Crippen LogP contribution in [0.15, 0.2) is 41.3 Å². The van der Waals surface area contributed by atoms with Gasteiger partial charge in [0.05, 0.1) is 11.0 Å². The monoisotopic (exact) mass is 254 g/mol. The van der Waals surface area contributed by atoms with E-state index in [4.69, 9.17) is 5.73 Å². The lowest BCUT2D eigenvalue weighted by Gasteiger charge is -2.01. The van der Waals surface area contributed by atoms with Gasteiger partial charge in [0, 0.05) is 31.4 Å². The second kappa shape index (κ2) is 4.37. The van der Waals surface area contributed by atoms with Gasteiger partial charge in [-0.2, -0.15) is 0 Å². The van der Waals surface area contributed by atoms with E-state index in [2.05, 4.69) is 9.97 Å². The summed E-state index contributed by atoms with van der Waals surface area (Å²) in [5, 5.41) is 0. The molecule has 1 aromatic carbocycles. The highest BCUT2D eigenvalue weighted by atomic mass is 16.1. The molecule has 0 bridgehead atoms. The molecule has 2 aromatic heterocycles. The second-order valence-corrected chi connectivity index (χ2v) is 4.46. The lowest BCUT2D eigenvalue weighted by molar-refractivity contribution is 0.956. The quantitative estimate of drug-likeness (QED) is 0.725. The Balaban J connectivity index is 2.21. The van der Waals surface area contributed by atoms with Gasteiger partial charge in [0.25, 0.3) is 0 Å². The molecule has 3 aromatic rings.